The standard InChI is InChI=1S/C26H29N3O2S2/c30-24(28-18-16-27(17-19-28)22-12-6-2-7-13-22)14-8-3-9-15-29-25(31)23(33-26(29)32)20-21-10-4-1-5-11-21/h1-2,4-7,10-13,20H,3,8-9,14-19H2. The van der Waals surface area contributed by atoms with Crippen LogP contribution in [0.1, 0.15) is 31.2 Å². The van der Waals surface area contributed by atoms with E-state index < -0.39 is 0 Å². The predicted octanol–water partition coefficient (Wildman–Crippen LogP) is 4.80. The molecule has 2 saturated heterocycles. The average molecular weight is 480 g/mol. The Labute approximate surface area is 205 Å². The Morgan fingerprint density at radius 2 is 1.58 bits per heavy atom. The van der Waals surface area contributed by atoms with Gasteiger partial charge in [0.15, 0.2) is 0 Å². The number of para-hydroxylation sites is 1. The number of carbonyl (C=O) groups is 2. The maximum absolute atomic E-state index is 12.7. The highest BCUT2D eigenvalue weighted by Crippen LogP contribution is 2.32. The largest absolute Gasteiger partial charge is 0.368 e. The Hall–Kier alpha value is -2.64. The maximum atomic E-state index is 12.7. The first-order valence-electron chi connectivity index (χ1n) is 11.5. The molecule has 2 amide bonds. The van der Waals surface area contributed by atoms with Gasteiger partial charge in [0.05, 0.1) is 4.91 Å². The van der Waals surface area contributed by atoms with Crippen LogP contribution in [0.4, 0.5) is 5.69 Å². The van der Waals surface area contributed by atoms with Crippen molar-refractivity contribution in [1.82, 2.24) is 9.80 Å². The molecule has 0 saturated carbocycles. The molecular formula is C26H29N3O2S2. The van der Waals surface area contributed by atoms with Gasteiger partial charge in [-0.3, -0.25) is 14.5 Å². The van der Waals surface area contributed by atoms with Gasteiger partial charge in [0, 0.05) is 44.8 Å². The van der Waals surface area contributed by atoms with Crippen molar-refractivity contribution in [1.29, 1.82) is 0 Å². The molecule has 0 atom stereocenters. The summed E-state index contributed by atoms with van der Waals surface area (Å²) in [4.78, 5) is 32.0. The highest BCUT2D eigenvalue weighted by atomic mass is 32.2. The van der Waals surface area contributed by atoms with Crippen molar-refractivity contribution in [2.24, 2.45) is 0 Å². The SMILES string of the molecule is O=C(CCCCCN1C(=O)C(=Cc2ccccc2)SC1=S)N1CCN(c2ccccc2)CC1. The lowest BCUT2D eigenvalue weighted by Gasteiger charge is -2.36. The fraction of sp³-hybridized carbons (Fsp3) is 0.346. The zero-order valence-corrected chi connectivity index (χ0v) is 20.3. The molecule has 0 aliphatic carbocycles. The third-order valence-corrected chi connectivity index (χ3v) is 7.37. The maximum Gasteiger partial charge on any atom is 0.266 e. The van der Waals surface area contributed by atoms with E-state index in [-0.39, 0.29) is 11.8 Å². The van der Waals surface area contributed by atoms with Crippen LogP contribution in [0.3, 0.4) is 0 Å². The predicted molar refractivity (Wildman–Crippen MR) is 140 cm³/mol. The van der Waals surface area contributed by atoms with E-state index in [2.05, 4.69) is 17.0 Å². The molecule has 4 rings (SSSR count). The van der Waals surface area contributed by atoms with Crippen LogP contribution in [-0.2, 0) is 9.59 Å². The van der Waals surface area contributed by atoms with Crippen LogP contribution in [-0.4, -0.2) is 58.7 Å². The molecule has 2 aliphatic rings. The highest BCUT2D eigenvalue weighted by Gasteiger charge is 2.31. The smallest absolute Gasteiger partial charge is 0.266 e. The molecule has 5 nitrogen and oxygen atoms in total. The normalized spacial score (nSPS) is 17.8. The van der Waals surface area contributed by atoms with Gasteiger partial charge in [-0.15, -0.1) is 0 Å². The number of carbonyl (C=O) groups excluding carboxylic acids is 2. The average Bonchev–Trinajstić information content (AvgIpc) is 3.12. The van der Waals surface area contributed by atoms with Gasteiger partial charge < -0.3 is 9.80 Å². The zero-order valence-electron chi connectivity index (χ0n) is 18.7. The summed E-state index contributed by atoms with van der Waals surface area (Å²) in [5.74, 6) is 0.223. The van der Waals surface area contributed by atoms with Gasteiger partial charge in [0.2, 0.25) is 5.91 Å². The molecular weight excluding hydrogens is 450 g/mol. The first-order chi connectivity index (χ1) is 16.1. The molecule has 2 aliphatic heterocycles. The molecule has 2 aromatic rings. The highest BCUT2D eigenvalue weighted by molar-refractivity contribution is 8.26. The molecule has 7 heteroatoms. The number of anilines is 1. The number of amides is 2. The second kappa shape index (κ2) is 11.5. The Morgan fingerprint density at radius 3 is 2.27 bits per heavy atom. The lowest BCUT2D eigenvalue weighted by atomic mass is 10.1. The van der Waals surface area contributed by atoms with Crippen LogP contribution in [0.25, 0.3) is 6.08 Å². The second-order valence-electron chi connectivity index (χ2n) is 8.26. The van der Waals surface area contributed by atoms with E-state index in [1.54, 1.807) is 4.90 Å². The fourth-order valence-electron chi connectivity index (χ4n) is 4.13. The van der Waals surface area contributed by atoms with Crippen molar-refractivity contribution < 1.29 is 9.59 Å². The lowest BCUT2D eigenvalue weighted by molar-refractivity contribution is -0.131. The molecule has 0 unspecified atom stereocenters. The van der Waals surface area contributed by atoms with Gasteiger partial charge in [0.25, 0.3) is 5.91 Å². The number of hydrogen-bond donors (Lipinski definition) is 0. The van der Waals surface area contributed by atoms with Crippen molar-refractivity contribution in [2.75, 3.05) is 37.6 Å². The third-order valence-electron chi connectivity index (χ3n) is 6.00. The van der Waals surface area contributed by atoms with E-state index >= 15 is 0 Å². The minimum atomic E-state index is -0.0128. The van der Waals surface area contributed by atoms with Crippen LogP contribution >= 0.6 is 24.0 Å². The van der Waals surface area contributed by atoms with Gasteiger partial charge in [-0.1, -0.05) is 78.9 Å². The summed E-state index contributed by atoms with van der Waals surface area (Å²) in [5.41, 5.74) is 2.22. The van der Waals surface area contributed by atoms with Gasteiger partial charge in [-0.05, 0) is 36.6 Å². The number of thioether (sulfide) groups is 1. The van der Waals surface area contributed by atoms with Crippen molar-refractivity contribution in [3.8, 4) is 0 Å². The van der Waals surface area contributed by atoms with Crippen LogP contribution in [0.15, 0.2) is 65.6 Å². The molecule has 2 fully saturated rings. The van der Waals surface area contributed by atoms with E-state index in [0.717, 1.165) is 51.0 Å². The monoisotopic (exact) mass is 479 g/mol. The molecule has 0 radical (unpaired) electrons. The Kier molecular flexibility index (Phi) is 8.18. The van der Waals surface area contributed by atoms with Gasteiger partial charge in [-0.2, -0.15) is 0 Å². The third kappa shape index (κ3) is 6.24. The van der Waals surface area contributed by atoms with Crippen molar-refractivity contribution in [3.05, 3.63) is 71.1 Å². The molecule has 0 spiro atoms. The van der Waals surface area contributed by atoms with Gasteiger partial charge >= 0.3 is 0 Å². The second-order valence-corrected chi connectivity index (χ2v) is 9.93. The van der Waals surface area contributed by atoms with Crippen LogP contribution in [0, 0.1) is 0 Å². The number of benzene rings is 2. The van der Waals surface area contributed by atoms with E-state index in [1.807, 2.05) is 59.5 Å². The Balaban J connectivity index is 1.15. The number of hydrogen-bond acceptors (Lipinski definition) is 5. The minimum absolute atomic E-state index is 0.0128. The van der Waals surface area contributed by atoms with Crippen molar-refractivity contribution >= 4 is 51.9 Å². The number of thiocarbonyl (C=S) groups is 1. The number of unbranched alkanes of at least 4 members (excludes halogenated alkanes) is 2. The first-order valence-corrected chi connectivity index (χ1v) is 12.7. The van der Waals surface area contributed by atoms with Crippen LogP contribution < -0.4 is 4.90 Å². The summed E-state index contributed by atoms with van der Waals surface area (Å²) in [6, 6.07) is 20.2. The quantitative estimate of drug-likeness (QED) is 0.309. The van der Waals surface area contributed by atoms with Gasteiger partial charge in [0.1, 0.15) is 4.32 Å². The summed E-state index contributed by atoms with van der Waals surface area (Å²) >= 11 is 6.79. The van der Waals surface area contributed by atoms with Crippen LogP contribution in [0.5, 0.6) is 0 Å². The fourth-order valence-corrected chi connectivity index (χ4v) is 5.44. The summed E-state index contributed by atoms with van der Waals surface area (Å²) in [5, 5.41) is 0. The van der Waals surface area contributed by atoms with E-state index in [4.69, 9.17) is 12.2 Å². The molecule has 0 bridgehead atoms. The summed E-state index contributed by atoms with van der Waals surface area (Å²) < 4.78 is 0.620. The zero-order chi connectivity index (χ0) is 23.0. The van der Waals surface area contributed by atoms with E-state index in [1.165, 1.54) is 17.4 Å². The van der Waals surface area contributed by atoms with Crippen molar-refractivity contribution in [3.63, 3.8) is 0 Å². The number of nitrogens with zero attached hydrogens (tertiary/aromatic N) is 3. The van der Waals surface area contributed by atoms with Crippen LogP contribution in [0.2, 0.25) is 0 Å². The number of piperazine rings is 1. The topological polar surface area (TPSA) is 43.9 Å². The molecule has 33 heavy (non-hydrogen) atoms. The Morgan fingerprint density at radius 1 is 0.909 bits per heavy atom. The molecule has 0 N–H and O–H groups in total. The molecule has 2 aromatic carbocycles. The van der Waals surface area contributed by atoms with Gasteiger partial charge in [-0.25, -0.2) is 0 Å². The van der Waals surface area contributed by atoms with E-state index in [0.29, 0.717) is 22.2 Å². The summed E-state index contributed by atoms with van der Waals surface area (Å²) in [6.45, 7) is 3.92. The van der Waals surface area contributed by atoms with E-state index in [9.17, 15) is 9.59 Å². The number of rotatable bonds is 8. The minimum Gasteiger partial charge on any atom is -0.368 e. The molecule has 0 aromatic heterocycles. The first kappa shape index (κ1) is 23.5. The molecule has 2 heterocycles. The summed E-state index contributed by atoms with van der Waals surface area (Å²) in [7, 11) is 0. The lowest BCUT2D eigenvalue weighted by Crippen LogP contribution is -2.48. The summed E-state index contributed by atoms with van der Waals surface area (Å²) in [6.07, 6.45) is 5.06. The van der Waals surface area contributed by atoms with Crippen molar-refractivity contribution in [2.45, 2.75) is 25.7 Å². The molecule has 172 valence electrons. The Bertz CT molecular complexity index is 1000.